The maximum Gasteiger partial charge on any atom is 0.0473 e. The van der Waals surface area contributed by atoms with Gasteiger partial charge in [-0.15, -0.1) is 0 Å². The highest BCUT2D eigenvalue weighted by atomic mass is 15.4. The second-order valence-corrected chi connectivity index (χ2v) is 2.83. The molecule has 2 heteroatoms. The Balaban J connectivity index is 4.34. The highest BCUT2D eigenvalue weighted by Crippen LogP contribution is 2.02. The summed E-state index contributed by atoms with van der Waals surface area (Å²) in [6, 6.07) is 0. The van der Waals surface area contributed by atoms with Crippen molar-refractivity contribution in [1.82, 2.24) is 5.01 Å². The van der Waals surface area contributed by atoms with E-state index in [9.17, 15) is 0 Å². The minimum Gasteiger partial charge on any atom is -0.314 e. The first kappa shape index (κ1) is 11.0. The SMILES string of the molecule is C=C(C)/C=C\C(=C/CC)N(C)N. The largest absolute Gasteiger partial charge is 0.314 e. The first-order valence-corrected chi connectivity index (χ1v) is 4.10. The molecule has 0 atom stereocenters. The van der Waals surface area contributed by atoms with E-state index < -0.39 is 0 Å². The van der Waals surface area contributed by atoms with Crippen LogP contribution in [0.2, 0.25) is 0 Å². The Kier molecular flexibility index (Phi) is 5.13. The van der Waals surface area contributed by atoms with Gasteiger partial charge in [0.15, 0.2) is 0 Å². The van der Waals surface area contributed by atoms with Crippen LogP contribution in [0.15, 0.2) is 36.1 Å². The van der Waals surface area contributed by atoms with Crippen molar-refractivity contribution in [2.24, 2.45) is 5.84 Å². The van der Waals surface area contributed by atoms with E-state index in [0.717, 1.165) is 17.7 Å². The number of hydrogen-bond acceptors (Lipinski definition) is 2. The number of hydrazine groups is 1. The summed E-state index contributed by atoms with van der Waals surface area (Å²) in [6.07, 6.45) is 6.97. The normalized spacial score (nSPS) is 12.2. The molecule has 2 nitrogen and oxygen atoms in total. The number of rotatable bonds is 4. The van der Waals surface area contributed by atoms with Gasteiger partial charge in [0.05, 0.1) is 0 Å². The Morgan fingerprint density at radius 1 is 1.50 bits per heavy atom. The molecule has 2 N–H and O–H groups in total. The zero-order valence-corrected chi connectivity index (χ0v) is 8.17. The molecule has 0 saturated heterocycles. The Morgan fingerprint density at radius 2 is 2.08 bits per heavy atom. The van der Waals surface area contributed by atoms with Crippen molar-refractivity contribution in [2.45, 2.75) is 20.3 Å². The fraction of sp³-hybridized carbons (Fsp3) is 0.400. The Bertz CT molecular complexity index is 200. The molecule has 0 aliphatic carbocycles. The monoisotopic (exact) mass is 166 g/mol. The van der Waals surface area contributed by atoms with Crippen molar-refractivity contribution in [3.8, 4) is 0 Å². The van der Waals surface area contributed by atoms with Crippen molar-refractivity contribution < 1.29 is 0 Å². The van der Waals surface area contributed by atoms with E-state index in [4.69, 9.17) is 5.84 Å². The maximum absolute atomic E-state index is 5.59. The van der Waals surface area contributed by atoms with Gasteiger partial charge in [0.2, 0.25) is 0 Å². The summed E-state index contributed by atoms with van der Waals surface area (Å²) in [7, 11) is 1.82. The van der Waals surface area contributed by atoms with Crippen molar-refractivity contribution in [3.05, 3.63) is 36.1 Å². The fourth-order valence-corrected chi connectivity index (χ4v) is 0.766. The number of nitrogens with zero attached hydrogens (tertiary/aromatic N) is 1. The third kappa shape index (κ3) is 4.74. The fourth-order valence-electron chi connectivity index (χ4n) is 0.766. The first-order chi connectivity index (χ1) is 5.57. The molecule has 0 spiro atoms. The zero-order valence-electron chi connectivity index (χ0n) is 8.17. The summed E-state index contributed by atoms with van der Waals surface area (Å²) < 4.78 is 0. The quantitative estimate of drug-likeness (QED) is 0.394. The smallest absolute Gasteiger partial charge is 0.0473 e. The summed E-state index contributed by atoms with van der Waals surface area (Å²) in [5.41, 5.74) is 2.04. The lowest BCUT2D eigenvalue weighted by Crippen LogP contribution is -2.24. The van der Waals surface area contributed by atoms with Crippen LogP contribution in [0.25, 0.3) is 0 Å². The van der Waals surface area contributed by atoms with E-state index in [-0.39, 0.29) is 0 Å². The van der Waals surface area contributed by atoms with Crippen LogP contribution in [-0.2, 0) is 0 Å². The van der Waals surface area contributed by atoms with Crippen LogP contribution in [-0.4, -0.2) is 12.1 Å². The van der Waals surface area contributed by atoms with Gasteiger partial charge in [-0.05, 0) is 19.4 Å². The highest BCUT2D eigenvalue weighted by Gasteiger charge is 1.92. The minimum absolute atomic E-state index is 0.984. The molecular formula is C10H18N2. The van der Waals surface area contributed by atoms with Gasteiger partial charge in [-0.3, -0.25) is 0 Å². The number of allylic oxidation sites excluding steroid dienone is 4. The topological polar surface area (TPSA) is 29.3 Å². The molecule has 0 bridgehead atoms. The van der Waals surface area contributed by atoms with Gasteiger partial charge in [-0.2, -0.15) is 0 Å². The molecule has 0 unspecified atom stereocenters. The molecule has 0 aromatic heterocycles. The second kappa shape index (κ2) is 5.61. The molecule has 0 aliphatic rings. The lowest BCUT2D eigenvalue weighted by molar-refractivity contribution is 0.453. The summed E-state index contributed by atoms with van der Waals surface area (Å²) in [6.45, 7) is 7.81. The molecule has 0 aromatic carbocycles. The molecule has 0 aromatic rings. The average Bonchev–Trinajstić information content (AvgIpc) is 1.96. The van der Waals surface area contributed by atoms with Gasteiger partial charge in [-0.1, -0.05) is 31.2 Å². The summed E-state index contributed by atoms with van der Waals surface area (Å²) in [5.74, 6) is 5.59. The Morgan fingerprint density at radius 3 is 2.42 bits per heavy atom. The van der Waals surface area contributed by atoms with Crippen LogP contribution in [0.1, 0.15) is 20.3 Å². The highest BCUT2D eigenvalue weighted by molar-refractivity contribution is 5.23. The molecule has 0 radical (unpaired) electrons. The molecule has 0 saturated carbocycles. The predicted octanol–water partition coefficient (Wildman–Crippen LogP) is 2.22. The maximum atomic E-state index is 5.59. The number of likely N-dealkylation sites (N-methyl/N-ethyl adjacent to an activating group) is 1. The summed E-state index contributed by atoms with van der Waals surface area (Å²) in [5, 5.41) is 1.60. The van der Waals surface area contributed by atoms with Crippen molar-refractivity contribution >= 4 is 0 Å². The molecule has 0 rings (SSSR count). The van der Waals surface area contributed by atoms with Gasteiger partial charge in [0, 0.05) is 12.7 Å². The Hall–Kier alpha value is -1.02. The zero-order chi connectivity index (χ0) is 9.56. The van der Waals surface area contributed by atoms with Crippen molar-refractivity contribution in [3.63, 3.8) is 0 Å². The van der Waals surface area contributed by atoms with E-state index in [1.165, 1.54) is 0 Å². The lowest BCUT2D eigenvalue weighted by Gasteiger charge is -2.12. The van der Waals surface area contributed by atoms with Crippen LogP contribution in [0.4, 0.5) is 0 Å². The van der Waals surface area contributed by atoms with Crippen molar-refractivity contribution in [1.29, 1.82) is 0 Å². The molecule has 68 valence electrons. The first-order valence-electron chi connectivity index (χ1n) is 4.10. The molecular weight excluding hydrogens is 148 g/mol. The van der Waals surface area contributed by atoms with Gasteiger partial charge >= 0.3 is 0 Å². The summed E-state index contributed by atoms with van der Waals surface area (Å²) >= 11 is 0. The van der Waals surface area contributed by atoms with Gasteiger partial charge < -0.3 is 5.01 Å². The minimum atomic E-state index is 0.984. The third-order valence-corrected chi connectivity index (χ3v) is 1.36. The number of nitrogens with two attached hydrogens (primary N) is 1. The molecule has 0 heterocycles. The van der Waals surface area contributed by atoms with E-state index in [2.05, 4.69) is 19.6 Å². The lowest BCUT2D eigenvalue weighted by atomic mass is 10.2. The van der Waals surface area contributed by atoms with Gasteiger partial charge in [0.25, 0.3) is 0 Å². The molecule has 0 fully saturated rings. The second-order valence-electron chi connectivity index (χ2n) is 2.83. The van der Waals surface area contributed by atoms with Crippen molar-refractivity contribution in [2.75, 3.05) is 7.05 Å². The van der Waals surface area contributed by atoms with Crippen LogP contribution in [0, 0.1) is 0 Å². The molecule has 0 aliphatic heterocycles. The standard InChI is InChI=1S/C10H18N2/c1-5-6-10(12(4)11)8-7-9(2)3/h6-8H,2,5,11H2,1,3-4H3/b8-7-,10-6+. The van der Waals surface area contributed by atoms with Crippen LogP contribution >= 0.6 is 0 Å². The average molecular weight is 166 g/mol. The van der Waals surface area contributed by atoms with E-state index in [0.29, 0.717) is 0 Å². The van der Waals surface area contributed by atoms with Crippen LogP contribution < -0.4 is 5.84 Å². The Labute approximate surface area is 75.0 Å². The molecule has 12 heavy (non-hydrogen) atoms. The number of hydrogen-bond donors (Lipinski definition) is 1. The van der Waals surface area contributed by atoms with E-state index >= 15 is 0 Å². The van der Waals surface area contributed by atoms with Gasteiger partial charge in [-0.25, -0.2) is 5.84 Å². The molecule has 0 amide bonds. The predicted molar refractivity (Wildman–Crippen MR) is 54.3 cm³/mol. The summed E-state index contributed by atoms with van der Waals surface area (Å²) in [4.78, 5) is 0. The van der Waals surface area contributed by atoms with Crippen LogP contribution in [0.5, 0.6) is 0 Å². The van der Waals surface area contributed by atoms with E-state index in [1.807, 2.05) is 26.1 Å². The van der Waals surface area contributed by atoms with Gasteiger partial charge in [0.1, 0.15) is 0 Å². The third-order valence-electron chi connectivity index (χ3n) is 1.36. The van der Waals surface area contributed by atoms with Crippen LogP contribution in [0.3, 0.4) is 0 Å². The van der Waals surface area contributed by atoms with E-state index in [1.54, 1.807) is 5.01 Å².